The van der Waals surface area contributed by atoms with Crippen LogP contribution in [-0.4, -0.2) is 0 Å². The van der Waals surface area contributed by atoms with Crippen molar-refractivity contribution >= 4 is 39.0 Å². The molecule has 0 amide bonds. The molecule has 8 aromatic rings. The van der Waals surface area contributed by atoms with Crippen molar-refractivity contribution in [1.29, 1.82) is 0 Å². The molecular formula is C45H33NO. The average Bonchev–Trinajstić information content (AvgIpc) is 3.61. The van der Waals surface area contributed by atoms with E-state index in [0.29, 0.717) is 0 Å². The van der Waals surface area contributed by atoms with E-state index in [9.17, 15) is 0 Å². The topological polar surface area (TPSA) is 16.4 Å². The molecule has 1 aliphatic rings. The average molecular weight is 604 g/mol. The summed E-state index contributed by atoms with van der Waals surface area (Å²) in [6, 6.07) is 58.9. The second kappa shape index (κ2) is 10.6. The predicted molar refractivity (Wildman–Crippen MR) is 197 cm³/mol. The molecule has 0 fully saturated rings. The molecule has 0 saturated heterocycles. The van der Waals surface area contributed by atoms with E-state index < -0.39 is 0 Å². The summed E-state index contributed by atoms with van der Waals surface area (Å²) in [7, 11) is 0. The van der Waals surface area contributed by atoms with Crippen LogP contribution in [-0.2, 0) is 5.41 Å². The summed E-state index contributed by atoms with van der Waals surface area (Å²) in [5, 5.41) is 2.28. The second-order valence-electron chi connectivity index (χ2n) is 13.0. The van der Waals surface area contributed by atoms with E-state index in [2.05, 4.69) is 170 Å². The Kier molecular flexibility index (Phi) is 6.20. The molecule has 2 nitrogen and oxygen atoms in total. The molecule has 0 bridgehead atoms. The van der Waals surface area contributed by atoms with Gasteiger partial charge in [-0.25, -0.2) is 0 Å². The summed E-state index contributed by atoms with van der Waals surface area (Å²) in [5.74, 6) is 0. The first kappa shape index (κ1) is 27.5. The molecule has 1 heterocycles. The van der Waals surface area contributed by atoms with Crippen molar-refractivity contribution in [2.45, 2.75) is 19.3 Å². The summed E-state index contributed by atoms with van der Waals surface area (Å²) >= 11 is 0. The Morgan fingerprint density at radius 3 is 1.91 bits per heavy atom. The number of para-hydroxylation sites is 2. The fourth-order valence-corrected chi connectivity index (χ4v) is 7.50. The SMILES string of the molecule is CC1(C)c2ccccc2-c2ccc(N(c3ccc(-c4ccccc4)cc3)c3cccc(-c4cccc5c4oc4ccccc45)c3)cc21. The maximum Gasteiger partial charge on any atom is 0.143 e. The largest absolute Gasteiger partial charge is 0.455 e. The standard InChI is InChI=1S/C45H33NO/c1-45(2)41-20-8-6-16-37(41)38-27-26-35(29-42(38)45)46(33-24-22-31(23-25-33)30-12-4-3-5-13-30)34-15-10-14-32(28-34)36-18-11-19-40-39-17-7-9-21-43(39)47-44(36)40/h3-29H,1-2H3. The molecule has 0 radical (unpaired) electrons. The summed E-state index contributed by atoms with van der Waals surface area (Å²) in [6.07, 6.45) is 0. The van der Waals surface area contributed by atoms with Crippen LogP contribution in [0.4, 0.5) is 17.1 Å². The molecule has 47 heavy (non-hydrogen) atoms. The van der Waals surface area contributed by atoms with E-state index in [4.69, 9.17) is 4.42 Å². The van der Waals surface area contributed by atoms with Crippen LogP contribution in [0.3, 0.4) is 0 Å². The summed E-state index contributed by atoms with van der Waals surface area (Å²) in [5.41, 5.74) is 15.1. The van der Waals surface area contributed by atoms with E-state index in [0.717, 1.165) is 50.1 Å². The van der Waals surface area contributed by atoms with Crippen LogP contribution < -0.4 is 4.90 Å². The fourth-order valence-electron chi connectivity index (χ4n) is 7.50. The van der Waals surface area contributed by atoms with Gasteiger partial charge in [0.05, 0.1) is 0 Å². The zero-order valence-corrected chi connectivity index (χ0v) is 26.4. The maximum absolute atomic E-state index is 6.45. The van der Waals surface area contributed by atoms with Crippen molar-refractivity contribution in [3.05, 3.63) is 175 Å². The van der Waals surface area contributed by atoms with Crippen LogP contribution in [0.1, 0.15) is 25.0 Å². The van der Waals surface area contributed by atoms with E-state index in [1.165, 1.54) is 33.4 Å². The van der Waals surface area contributed by atoms with Crippen LogP contribution in [0.25, 0.3) is 55.3 Å². The van der Waals surface area contributed by atoms with Gasteiger partial charge in [-0.1, -0.05) is 135 Å². The molecule has 0 saturated carbocycles. The van der Waals surface area contributed by atoms with Crippen LogP contribution >= 0.6 is 0 Å². The van der Waals surface area contributed by atoms with Gasteiger partial charge < -0.3 is 9.32 Å². The fraction of sp³-hybridized carbons (Fsp3) is 0.0667. The van der Waals surface area contributed by atoms with Gasteiger partial charge in [-0.15, -0.1) is 0 Å². The molecule has 7 aromatic carbocycles. The molecule has 1 aliphatic carbocycles. The van der Waals surface area contributed by atoms with Gasteiger partial charge in [0.25, 0.3) is 0 Å². The lowest BCUT2D eigenvalue weighted by Crippen LogP contribution is -2.16. The Morgan fingerprint density at radius 2 is 1.04 bits per heavy atom. The first-order valence-electron chi connectivity index (χ1n) is 16.3. The molecule has 9 rings (SSSR count). The van der Waals surface area contributed by atoms with Gasteiger partial charge in [-0.2, -0.15) is 0 Å². The number of nitrogens with zero attached hydrogens (tertiary/aromatic N) is 1. The molecular weight excluding hydrogens is 571 g/mol. The third kappa shape index (κ3) is 4.40. The summed E-state index contributed by atoms with van der Waals surface area (Å²) < 4.78 is 6.45. The van der Waals surface area contributed by atoms with Gasteiger partial charge in [0.2, 0.25) is 0 Å². The minimum Gasteiger partial charge on any atom is -0.455 e. The van der Waals surface area contributed by atoms with Crippen molar-refractivity contribution in [2.24, 2.45) is 0 Å². The first-order valence-corrected chi connectivity index (χ1v) is 16.3. The van der Waals surface area contributed by atoms with Crippen LogP contribution in [0.15, 0.2) is 168 Å². The number of hydrogen-bond donors (Lipinski definition) is 0. The molecule has 224 valence electrons. The van der Waals surface area contributed by atoms with Gasteiger partial charge in [0.15, 0.2) is 0 Å². The highest BCUT2D eigenvalue weighted by Gasteiger charge is 2.35. The number of rotatable bonds is 5. The van der Waals surface area contributed by atoms with Crippen molar-refractivity contribution in [3.63, 3.8) is 0 Å². The Labute approximate surface area is 275 Å². The van der Waals surface area contributed by atoms with Gasteiger partial charge in [0, 0.05) is 38.8 Å². The highest BCUT2D eigenvalue weighted by molar-refractivity contribution is 6.09. The number of furan rings is 1. The van der Waals surface area contributed by atoms with Crippen LogP contribution in [0.2, 0.25) is 0 Å². The minimum absolute atomic E-state index is 0.0937. The Bertz CT molecular complexity index is 2430. The smallest absolute Gasteiger partial charge is 0.143 e. The lowest BCUT2D eigenvalue weighted by atomic mass is 9.82. The molecule has 0 unspecified atom stereocenters. The quantitative estimate of drug-likeness (QED) is 0.195. The zero-order valence-electron chi connectivity index (χ0n) is 26.4. The molecule has 2 heteroatoms. The summed E-state index contributed by atoms with van der Waals surface area (Å²) in [6.45, 7) is 4.68. The monoisotopic (exact) mass is 603 g/mol. The summed E-state index contributed by atoms with van der Waals surface area (Å²) in [4.78, 5) is 2.39. The highest BCUT2D eigenvalue weighted by atomic mass is 16.3. The number of anilines is 3. The zero-order chi connectivity index (χ0) is 31.5. The molecule has 0 spiro atoms. The molecule has 0 atom stereocenters. The second-order valence-corrected chi connectivity index (χ2v) is 13.0. The number of hydrogen-bond acceptors (Lipinski definition) is 2. The Morgan fingerprint density at radius 1 is 0.426 bits per heavy atom. The van der Waals surface area contributed by atoms with E-state index >= 15 is 0 Å². The van der Waals surface area contributed by atoms with E-state index in [1.54, 1.807) is 0 Å². The molecule has 1 aromatic heterocycles. The first-order chi connectivity index (χ1) is 23.1. The lowest BCUT2D eigenvalue weighted by molar-refractivity contribution is 0.660. The number of benzene rings is 7. The normalized spacial score (nSPS) is 13.1. The molecule has 0 N–H and O–H groups in total. The van der Waals surface area contributed by atoms with Crippen molar-refractivity contribution < 1.29 is 4.42 Å². The lowest BCUT2D eigenvalue weighted by Gasteiger charge is -2.28. The third-order valence-electron chi connectivity index (χ3n) is 9.88. The van der Waals surface area contributed by atoms with Gasteiger partial charge >= 0.3 is 0 Å². The van der Waals surface area contributed by atoms with E-state index in [-0.39, 0.29) is 5.41 Å². The van der Waals surface area contributed by atoms with E-state index in [1.807, 2.05) is 12.1 Å². The Hall–Kier alpha value is -5.86. The van der Waals surface area contributed by atoms with Crippen molar-refractivity contribution in [2.75, 3.05) is 4.90 Å². The molecule has 0 aliphatic heterocycles. The third-order valence-corrected chi connectivity index (χ3v) is 9.88. The van der Waals surface area contributed by atoms with Gasteiger partial charge in [-0.3, -0.25) is 0 Å². The number of fused-ring (bicyclic) bond motifs is 6. The Balaban J connectivity index is 1.21. The van der Waals surface area contributed by atoms with Crippen LogP contribution in [0.5, 0.6) is 0 Å². The van der Waals surface area contributed by atoms with Gasteiger partial charge in [0.1, 0.15) is 11.2 Å². The van der Waals surface area contributed by atoms with Crippen molar-refractivity contribution in [1.82, 2.24) is 0 Å². The highest BCUT2D eigenvalue weighted by Crippen LogP contribution is 2.51. The minimum atomic E-state index is -0.0937. The van der Waals surface area contributed by atoms with Crippen LogP contribution in [0, 0.1) is 0 Å². The van der Waals surface area contributed by atoms with Gasteiger partial charge in [-0.05, 0) is 81.4 Å². The van der Waals surface area contributed by atoms with Crippen molar-refractivity contribution in [3.8, 4) is 33.4 Å². The predicted octanol–water partition coefficient (Wildman–Crippen LogP) is 12.7. The maximum atomic E-state index is 6.45.